The molecular weight excluding hydrogens is 198 g/mol. The number of hydrogen-bond acceptors (Lipinski definition) is 2. The lowest BCUT2D eigenvalue weighted by molar-refractivity contribution is 0.410. The van der Waals surface area contributed by atoms with Gasteiger partial charge in [0.25, 0.3) is 0 Å². The number of hydrogen-bond donors (Lipinski definition) is 0. The van der Waals surface area contributed by atoms with Crippen molar-refractivity contribution in [3.8, 4) is 5.75 Å². The van der Waals surface area contributed by atoms with Crippen LogP contribution >= 0.6 is 11.6 Å². The molecule has 0 radical (unpaired) electrons. The highest BCUT2D eigenvalue weighted by atomic mass is 35.5. The lowest BCUT2D eigenvalue weighted by atomic mass is 10.1. The molecule has 0 saturated heterocycles. The lowest BCUT2D eigenvalue weighted by Gasteiger charge is -2.11. The predicted molar refractivity (Wildman–Crippen MR) is 60.7 cm³/mol. The van der Waals surface area contributed by atoms with Gasteiger partial charge in [-0.3, -0.25) is 0 Å². The molecule has 0 aliphatic rings. The molecule has 1 aromatic rings. The first-order valence-corrected chi connectivity index (χ1v) is 4.52. The molecule has 0 aliphatic heterocycles. The standard InChI is InChI=1S/C11H12ClNO/c1-5-8-9(6-2)13-11(12)7(3)10(8)14-4/h5-6H,1-2H2,3-4H3. The summed E-state index contributed by atoms with van der Waals surface area (Å²) < 4.78 is 5.25. The fourth-order valence-corrected chi connectivity index (χ4v) is 1.45. The van der Waals surface area contributed by atoms with Crippen LogP contribution in [0, 0.1) is 6.92 Å². The fraction of sp³-hybridized carbons (Fsp3) is 0.182. The van der Waals surface area contributed by atoms with Crippen LogP contribution in [0.25, 0.3) is 12.2 Å². The second kappa shape index (κ2) is 4.29. The fourth-order valence-electron chi connectivity index (χ4n) is 1.28. The molecule has 1 rings (SSSR count). The second-order valence-electron chi connectivity index (χ2n) is 2.77. The van der Waals surface area contributed by atoms with Gasteiger partial charge >= 0.3 is 0 Å². The molecule has 3 heteroatoms. The smallest absolute Gasteiger partial charge is 0.136 e. The minimum Gasteiger partial charge on any atom is -0.496 e. The molecule has 0 unspecified atom stereocenters. The van der Waals surface area contributed by atoms with Gasteiger partial charge in [-0.1, -0.05) is 30.8 Å². The molecule has 0 amide bonds. The number of pyridine rings is 1. The Kier molecular flexibility index (Phi) is 3.31. The van der Waals surface area contributed by atoms with E-state index in [1.165, 1.54) is 0 Å². The molecule has 0 atom stereocenters. The van der Waals surface area contributed by atoms with E-state index in [4.69, 9.17) is 16.3 Å². The third kappa shape index (κ3) is 1.66. The minimum atomic E-state index is 0.433. The van der Waals surface area contributed by atoms with Crippen LogP contribution in [0.1, 0.15) is 16.8 Å². The van der Waals surface area contributed by atoms with Crippen molar-refractivity contribution in [3.63, 3.8) is 0 Å². The van der Waals surface area contributed by atoms with Gasteiger partial charge in [0.2, 0.25) is 0 Å². The Morgan fingerprint density at radius 3 is 2.43 bits per heavy atom. The van der Waals surface area contributed by atoms with Crippen LogP contribution in [0.4, 0.5) is 0 Å². The van der Waals surface area contributed by atoms with Crippen molar-refractivity contribution >= 4 is 23.8 Å². The Balaban J connectivity index is 3.57. The number of halogens is 1. The van der Waals surface area contributed by atoms with E-state index in [0.29, 0.717) is 16.6 Å². The molecule has 14 heavy (non-hydrogen) atoms. The van der Waals surface area contributed by atoms with Gasteiger partial charge in [0.15, 0.2) is 0 Å². The van der Waals surface area contributed by atoms with Crippen LogP contribution < -0.4 is 4.74 Å². The van der Waals surface area contributed by atoms with Crippen molar-refractivity contribution in [2.45, 2.75) is 6.92 Å². The summed E-state index contributed by atoms with van der Waals surface area (Å²) in [6, 6.07) is 0. The average Bonchev–Trinajstić information content (AvgIpc) is 2.20. The van der Waals surface area contributed by atoms with E-state index in [1.807, 2.05) is 6.92 Å². The Labute approximate surface area is 88.9 Å². The van der Waals surface area contributed by atoms with E-state index >= 15 is 0 Å². The monoisotopic (exact) mass is 209 g/mol. The van der Waals surface area contributed by atoms with Gasteiger partial charge < -0.3 is 4.74 Å². The quantitative estimate of drug-likeness (QED) is 0.713. The van der Waals surface area contributed by atoms with Gasteiger partial charge in [-0.25, -0.2) is 4.98 Å². The maximum Gasteiger partial charge on any atom is 0.136 e. The van der Waals surface area contributed by atoms with Gasteiger partial charge in [0, 0.05) is 11.1 Å². The minimum absolute atomic E-state index is 0.433. The predicted octanol–water partition coefficient (Wildman–Crippen LogP) is 3.34. The number of aromatic nitrogens is 1. The summed E-state index contributed by atoms with van der Waals surface area (Å²) in [6.07, 6.45) is 3.32. The molecule has 0 bridgehead atoms. The maximum atomic E-state index is 5.93. The highest BCUT2D eigenvalue weighted by molar-refractivity contribution is 6.30. The summed E-state index contributed by atoms with van der Waals surface area (Å²) in [6.45, 7) is 9.22. The SMILES string of the molecule is C=Cc1nc(Cl)c(C)c(OC)c1C=C. The van der Waals surface area contributed by atoms with Crippen LogP contribution in [0.3, 0.4) is 0 Å². The first-order chi connectivity index (χ1) is 6.65. The van der Waals surface area contributed by atoms with E-state index in [0.717, 1.165) is 11.1 Å². The number of rotatable bonds is 3. The zero-order valence-electron chi connectivity index (χ0n) is 8.30. The number of methoxy groups -OCH3 is 1. The van der Waals surface area contributed by atoms with E-state index in [1.54, 1.807) is 19.3 Å². The zero-order valence-corrected chi connectivity index (χ0v) is 9.06. The summed E-state index contributed by atoms with van der Waals surface area (Å²) in [5.74, 6) is 0.704. The highest BCUT2D eigenvalue weighted by Gasteiger charge is 2.12. The molecule has 0 aliphatic carbocycles. The Hall–Kier alpha value is -1.28. The first kappa shape index (κ1) is 10.8. The molecule has 0 spiro atoms. The summed E-state index contributed by atoms with van der Waals surface area (Å²) >= 11 is 5.93. The molecule has 0 N–H and O–H groups in total. The van der Waals surface area contributed by atoms with Crippen LogP contribution in [0.5, 0.6) is 5.75 Å². The van der Waals surface area contributed by atoms with Crippen LogP contribution in [0.2, 0.25) is 5.15 Å². The molecule has 0 saturated carbocycles. The van der Waals surface area contributed by atoms with Gasteiger partial charge in [0.1, 0.15) is 10.9 Å². The summed E-state index contributed by atoms with van der Waals surface area (Å²) in [5, 5.41) is 0.433. The Morgan fingerprint density at radius 1 is 1.36 bits per heavy atom. The molecule has 0 aromatic carbocycles. The van der Waals surface area contributed by atoms with Crippen LogP contribution in [-0.4, -0.2) is 12.1 Å². The maximum absolute atomic E-state index is 5.93. The topological polar surface area (TPSA) is 22.1 Å². The third-order valence-corrected chi connectivity index (χ3v) is 2.36. The third-order valence-electron chi connectivity index (χ3n) is 1.99. The normalized spacial score (nSPS) is 9.64. The van der Waals surface area contributed by atoms with Gasteiger partial charge in [-0.05, 0) is 13.0 Å². The van der Waals surface area contributed by atoms with E-state index in [-0.39, 0.29) is 0 Å². The zero-order chi connectivity index (χ0) is 10.7. The summed E-state index contributed by atoms with van der Waals surface area (Å²) in [4.78, 5) is 4.17. The van der Waals surface area contributed by atoms with E-state index < -0.39 is 0 Å². The summed E-state index contributed by atoms with van der Waals surface area (Å²) in [7, 11) is 1.60. The molecular formula is C11H12ClNO. The van der Waals surface area contributed by atoms with Crippen molar-refractivity contribution in [3.05, 3.63) is 35.1 Å². The number of ether oxygens (including phenoxy) is 1. The van der Waals surface area contributed by atoms with E-state index in [2.05, 4.69) is 18.1 Å². The van der Waals surface area contributed by atoms with Crippen molar-refractivity contribution in [2.24, 2.45) is 0 Å². The van der Waals surface area contributed by atoms with Gasteiger partial charge in [-0.2, -0.15) is 0 Å². The van der Waals surface area contributed by atoms with Crippen molar-refractivity contribution in [1.82, 2.24) is 4.98 Å². The van der Waals surface area contributed by atoms with Gasteiger partial charge in [-0.15, -0.1) is 0 Å². The van der Waals surface area contributed by atoms with Crippen molar-refractivity contribution < 1.29 is 4.74 Å². The molecule has 0 fully saturated rings. The first-order valence-electron chi connectivity index (χ1n) is 4.14. The average molecular weight is 210 g/mol. The van der Waals surface area contributed by atoms with Crippen LogP contribution in [0.15, 0.2) is 13.2 Å². The summed E-state index contributed by atoms with van der Waals surface area (Å²) in [5.41, 5.74) is 2.33. The van der Waals surface area contributed by atoms with Crippen molar-refractivity contribution in [1.29, 1.82) is 0 Å². The number of nitrogens with zero attached hydrogens (tertiary/aromatic N) is 1. The molecule has 1 heterocycles. The van der Waals surface area contributed by atoms with Gasteiger partial charge in [0.05, 0.1) is 12.8 Å². The van der Waals surface area contributed by atoms with E-state index in [9.17, 15) is 0 Å². The Bertz CT molecular complexity index is 385. The molecule has 1 aromatic heterocycles. The molecule has 74 valence electrons. The highest BCUT2D eigenvalue weighted by Crippen LogP contribution is 2.31. The molecule has 2 nitrogen and oxygen atoms in total. The Morgan fingerprint density at radius 2 is 2.00 bits per heavy atom. The lowest BCUT2D eigenvalue weighted by Crippen LogP contribution is -1.97. The van der Waals surface area contributed by atoms with Crippen LogP contribution in [-0.2, 0) is 0 Å². The second-order valence-corrected chi connectivity index (χ2v) is 3.13. The van der Waals surface area contributed by atoms with Crippen molar-refractivity contribution in [2.75, 3.05) is 7.11 Å². The largest absolute Gasteiger partial charge is 0.496 e.